The molecule has 2 rings (SSSR count). The zero-order chi connectivity index (χ0) is 16.2. The number of nitriles is 1. The van der Waals surface area contributed by atoms with Crippen LogP contribution in [0.2, 0.25) is 0 Å². The summed E-state index contributed by atoms with van der Waals surface area (Å²) in [4.78, 5) is 14.8. The van der Waals surface area contributed by atoms with Crippen LogP contribution < -0.4 is 5.73 Å². The number of hydrogen-bond donors (Lipinski definition) is 1. The van der Waals surface area contributed by atoms with E-state index in [9.17, 15) is 10.1 Å². The van der Waals surface area contributed by atoms with Crippen LogP contribution in [0.1, 0.15) is 12.1 Å². The van der Waals surface area contributed by atoms with Crippen LogP contribution in [0.4, 0.5) is 10.6 Å². The van der Waals surface area contributed by atoms with Crippen molar-refractivity contribution in [1.82, 2.24) is 14.6 Å². The van der Waals surface area contributed by atoms with E-state index in [0.717, 1.165) is 5.69 Å². The van der Waals surface area contributed by atoms with Crippen molar-refractivity contribution in [2.75, 3.05) is 19.5 Å². The van der Waals surface area contributed by atoms with Crippen molar-refractivity contribution in [2.24, 2.45) is 0 Å². The summed E-state index contributed by atoms with van der Waals surface area (Å²) in [6.45, 7) is -0.136. The second-order valence-corrected chi connectivity index (χ2v) is 5.16. The average Bonchev–Trinajstić information content (AvgIpc) is 2.93. The standard InChI is InChI=1S/C13H16N5O3P/c1-20-13(6-14,7-21-12(19)22)5-4-9-2-3-10-11(15)16-8-17-18(9)10/h2-3,8H,4-5,7,22H2,1H3,(H2,15,16,17)/t13-/m1/s1. The molecule has 0 radical (unpaired) electrons. The summed E-state index contributed by atoms with van der Waals surface area (Å²) in [5.41, 5.74) is 5.60. The molecule has 116 valence electrons. The van der Waals surface area contributed by atoms with Gasteiger partial charge in [0.1, 0.15) is 24.5 Å². The number of carbonyl (C=O) groups excluding carboxylic acids is 1. The molecule has 0 amide bonds. The number of nitrogen functional groups attached to an aromatic ring is 1. The molecule has 2 atom stereocenters. The fourth-order valence-corrected chi connectivity index (χ4v) is 2.16. The summed E-state index contributed by atoms with van der Waals surface area (Å²) in [6, 6.07) is 5.74. The molecule has 0 aliphatic carbocycles. The van der Waals surface area contributed by atoms with Crippen LogP contribution in [0.5, 0.6) is 0 Å². The van der Waals surface area contributed by atoms with Gasteiger partial charge in [-0.1, -0.05) is 0 Å². The zero-order valence-corrected chi connectivity index (χ0v) is 13.2. The Hall–Kier alpha value is -2.23. The molecule has 0 saturated carbocycles. The molecule has 22 heavy (non-hydrogen) atoms. The highest BCUT2D eigenvalue weighted by atomic mass is 31.0. The first-order chi connectivity index (χ1) is 10.5. The van der Waals surface area contributed by atoms with Gasteiger partial charge >= 0.3 is 5.71 Å². The Labute approximate surface area is 129 Å². The van der Waals surface area contributed by atoms with E-state index in [0.29, 0.717) is 24.2 Å². The third kappa shape index (κ3) is 3.32. The van der Waals surface area contributed by atoms with Gasteiger partial charge in [0.25, 0.3) is 0 Å². The van der Waals surface area contributed by atoms with Crippen molar-refractivity contribution < 1.29 is 14.3 Å². The molecule has 2 N–H and O–H groups in total. The maximum absolute atomic E-state index is 10.9. The summed E-state index contributed by atoms with van der Waals surface area (Å²) in [5, 5.41) is 13.5. The van der Waals surface area contributed by atoms with Crippen LogP contribution in [0.3, 0.4) is 0 Å². The molecule has 0 saturated heterocycles. The average molecular weight is 321 g/mol. The monoisotopic (exact) mass is 321 g/mol. The first-order valence-corrected chi connectivity index (χ1v) is 7.05. The Morgan fingerprint density at radius 3 is 3.00 bits per heavy atom. The van der Waals surface area contributed by atoms with Gasteiger partial charge in [0, 0.05) is 12.8 Å². The van der Waals surface area contributed by atoms with Gasteiger partial charge in [-0.25, -0.2) is 14.3 Å². The van der Waals surface area contributed by atoms with E-state index in [2.05, 4.69) is 16.2 Å². The molecule has 2 aromatic rings. The summed E-state index contributed by atoms with van der Waals surface area (Å²) < 4.78 is 11.8. The Kier molecular flexibility index (Phi) is 4.91. The smallest absolute Gasteiger partial charge is 0.319 e. The molecule has 0 fully saturated rings. The molecular weight excluding hydrogens is 305 g/mol. The molecule has 2 aromatic heterocycles. The molecule has 0 aliphatic rings. The van der Waals surface area contributed by atoms with Gasteiger partial charge in [-0.3, -0.25) is 0 Å². The lowest BCUT2D eigenvalue weighted by atomic mass is 9.99. The molecule has 9 heteroatoms. The van der Waals surface area contributed by atoms with Crippen molar-refractivity contribution in [3.63, 3.8) is 0 Å². The lowest BCUT2D eigenvalue weighted by molar-refractivity contribution is -0.0155. The zero-order valence-electron chi connectivity index (χ0n) is 12.0. The van der Waals surface area contributed by atoms with Gasteiger partial charge < -0.3 is 15.2 Å². The predicted octanol–water partition coefficient (Wildman–Crippen LogP) is 1.16. The number of methoxy groups -OCH3 is 1. The lowest BCUT2D eigenvalue weighted by Crippen LogP contribution is -2.36. The van der Waals surface area contributed by atoms with Gasteiger partial charge in [-0.05, 0) is 34.2 Å². The van der Waals surface area contributed by atoms with Crippen molar-refractivity contribution in [2.45, 2.75) is 18.4 Å². The number of fused-ring (bicyclic) bond motifs is 1. The second kappa shape index (κ2) is 6.69. The number of carbonyl (C=O) groups is 1. The molecule has 8 nitrogen and oxygen atoms in total. The van der Waals surface area contributed by atoms with Crippen LogP contribution >= 0.6 is 9.24 Å². The fourth-order valence-electron chi connectivity index (χ4n) is 2.08. The molecule has 0 aromatic carbocycles. The molecule has 0 bridgehead atoms. The van der Waals surface area contributed by atoms with E-state index in [4.69, 9.17) is 15.2 Å². The number of nitrogens with two attached hydrogens (primary N) is 1. The van der Waals surface area contributed by atoms with E-state index < -0.39 is 11.3 Å². The minimum atomic E-state index is -1.20. The van der Waals surface area contributed by atoms with Gasteiger partial charge in [-0.2, -0.15) is 10.4 Å². The summed E-state index contributed by atoms with van der Waals surface area (Å²) in [5.74, 6) is 0.386. The number of anilines is 1. The molecule has 0 aliphatic heterocycles. The third-order valence-corrected chi connectivity index (χ3v) is 3.55. The topological polar surface area (TPSA) is 116 Å². The second-order valence-electron chi connectivity index (χ2n) is 4.68. The Morgan fingerprint density at radius 1 is 1.59 bits per heavy atom. The van der Waals surface area contributed by atoms with Crippen molar-refractivity contribution in [3.8, 4) is 6.07 Å². The minimum Gasteiger partial charge on any atom is -0.459 e. The molecular formula is C13H16N5O3P. The Bertz CT molecular complexity index is 726. The maximum atomic E-state index is 10.9. The Morgan fingerprint density at radius 2 is 2.36 bits per heavy atom. The van der Waals surface area contributed by atoms with E-state index in [1.165, 1.54) is 13.4 Å². The van der Waals surface area contributed by atoms with Crippen LogP contribution in [0.25, 0.3) is 5.52 Å². The van der Waals surface area contributed by atoms with Gasteiger partial charge in [0.2, 0.25) is 0 Å². The third-order valence-electron chi connectivity index (χ3n) is 3.39. The molecule has 0 spiro atoms. The highest BCUT2D eigenvalue weighted by molar-refractivity contribution is 7.39. The highest BCUT2D eigenvalue weighted by Gasteiger charge is 2.31. The highest BCUT2D eigenvalue weighted by Crippen LogP contribution is 2.21. The molecule has 2 heterocycles. The van der Waals surface area contributed by atoms with Gasteiger partial charge in [-0.15, -0.1) is 0 Å². The SMILES string of the molecule is CO[C@@](C#N)(CCc1ccc2c(N)ncnn12)COC(=O)P. The largest absolute Gasteiger partial charge is 0.459 e. The number of aryl methyl sites for hydroxylation is 1. The van der Waals surface area contributed by atoms with Crippen molar-refractivity contribution in [1.29, 1.82) is 5.26 Å². The normalized spacial score (nSPS) is 13.5. The number of ether oxygens (including phenoxy) is 2. The van der Waals surface area contributed by atoms with E-state index >= 15 is 0 Å². The minimum absolute atomic E-state index is 0.136. The Balaban J connectivity index is 2.16. The quantitative estimate of drug-likeness (QED) is 0.794. The van der Waals surface area contributed by atoms with E-state index in [1.54, 1.807) is 4.52 Å². The number of rotatable bonds is 6. The number of nitrogens with zero attached hydrogens (tertiary/aromatic N) is 4. The fraction of sp³-hybridized carbons (Fsp3) is 0.385. The first-order valence-electron chi connectivity index (χ1n) is 6.47. The summed E-state index contributed by atoms with van der Waals surface area (Å²) in [7, 11) is 3.31. The van der Waals surface area contributed by atoms with Crippen LogP contribution in [0.15, 0.2) is 18.5 Å². The van der Waals surface area contributed by atoms with E-state index in [1.807, 2.05) is 21.4 Å². The predicted molar refractivity (Wildman–Crippen MR) is 82.1 cm³/mol. The van der Waals surface area contributed by atoms with Crippen LogP contribution in [-0.2, 0) is 15.9 Å². The van der Waals surface area contributed by atoms with Gasteiger partial charge in [0.05, 0.1) is 0 Å². The number of hydrogen-bond acceptors (Lipinski definition) is 7. The van der Waals surface area contributed by atoms with E-state index in [-0.39, 0.29) is 6.61 Å². The van der Waals surface area contributed by atoms with Crippen molar-refractivity contribution >= 4 is 26.3 Å². The first kappa shape index (κ1) is 16.1. The molecule has 1 unspecified atom stereocenters. The van der Waals surface area contributed by atoms with Crippen LogP contribution in [0, 0.1) is 11.3 Å². The lowest BCUT2D eigenvalue weighted by Gasteiger charge is -2.24. The summed E-state index contributed by atoms with van der Waals surface area (Å²) in [6.07, 6.45) is 2.21. The number of aromatic nitrogens is 3. The van der Waals surface area contributed by atoms with Crippen LogP contribution in [-0.4, -0.2) is 39.6 Å². The van der Waals surface area contributed by atoms with Gasteiger partial charge in [0.15, 0.2) is 11.4 Å². The van der Waals surface area contributed by atoms with Crippen molar-refractivity contribution in [3.05, 3.63) is 24.2 Å². The maximum Gasteiger partial charge on any atom is 0.319 e. The summed E-state index contributed by atoms with van der Waals surface area (Å²) >= 11 is 0.